The number of hydrogen-bond acceptors (Lipinski definition) is 4. The Kier molecular flexibility index (Phi) is 8.74. The van der Waals surface area contributed by atoms with Crippen LogP contribution in [-0.4, -0.2) is 31.8 Å². The molecule has 0 atom stereocenters. The van der Waals surface area contributed by atoms with Gasteiger partial charge in [-0.3, -0.25) is 4.79 Å². The first-order valence-corrected chi connectivity index (χ1v) is 7.00. The molecule has 92 valence electrons. The molecule has 0 aliphatic carbocycles. The molecule has 16 heavy (non-hydrogen) atoms. The molecule has 1 amide bonds. The number of thioether (sulfide) groups is 1. The van der Waals surface area contributed by atoms with Gasteiger partial charge >= 0.3 is 0 Å². The Morgan fingerprint density at radius 3 is 2.88 bits per heavy atom. The van der Waals surface area contributed by atoms with Crippen molar-refractivity contribution in [2.24, 2.45) is 0 Å². The molecule has 0 fully saturated rings. The fourth-order valence-corrected chi connectivity index (χ4v) is 2.81. The highest BCUT2D eigenvalue weighted by atomic mass is 35.5. The highest BCUT2D eigenvalue weighted by molar-refractivity contribution is 7.98. The summed E-state index contributed by atoms with van der Waals surface area (Å²) in [6, 6.07) is 1.98. The Bertz CT molecular complexity index is 318. The summed E-state index contributed by atoms with van der Waals surface area (Å²) < 4.78 is 0. The van der Waals surface area contributed by atoms with Crippen LogP contribution in [-0.2, 0) is 0 Å². The summed E-state index contributed by atoms with van der Waals surface area (Å²) in [5.74, 6) is 0.0345. The molecule has 3 nitrogen and oxygen atoms in total. The number of halogens is 1. The largest absolute Gasteiger partial charge is 0.350 e. The van der Waals surface area contributed by atoms with Gasteiger partial charge in [0.2, 0.25) is 0 Å². The van der Waals surface area contributed by atoms with Crippen LogP contribution in [0.25, 0.3) is 0 Å². The summed E-state index contributed by atoms with van der Waals surface area (Å²) in [6.07, 6.45) is 1.98. The van der Waals surface area contributed by atoms with Crippen LogP contribution in [0, 0.1) is 0 Å². The molecule has 0 aromatic carbocycles. The molecule has 0 unspecified atom stereocenters. The minimum atomic E-state index is 0. The van der Waals surface area contributed by atoms with Gasteiger partial charge in [-0.1, -0.05) is 6.92 Å². The van der Waals surface area contributed by atoms with Gasteiger partial charge < -0.3 is 10.6 Å². The van der Waals surface area contributed by atoms with Gasteiger partial charge in [0.15, 0.2) is 0 Å². The molecule has 0 spiro atoms. The van der Waals surface area contributed by atoms with Crippen molar-refractivity contribution in [2.75, 3.05) is 25.9 Å². The normalized spacial score (nSPS) is 9.62. The third-order valence-corrected chi connectivity index (χ3v) is 3.71. The van der Waals surface area contributed by atoms with Gasteiger partial charge in [0.1, 0.15) is 4.88 Å². The second kappa shape index (κ2) is 8.87. The van der Waals surface area contributed by atoms with Crippen LogP contribution in [0.3, 0.4) is 0 Å². The summed E-state index contributed by atoms with van der Waals surface area (Å²) >= 11 is 3.10. The Labute approximate surface area is 111 Å². The molecule has 0 saturated carbocycles. The van der Waals surface area contributed by atoms with E-state index in [0.29, 0.717) is 6.54 Å². The minimum Gasteiger partial charge on any atom is -0.350 e. The number of hydrogen-bond donors (Lipinski definition) is 2. The van der Waals surface area contributed by atoms with Gasteiger partial charge in [-0.15, -0.1) is 35.5 Å². The van der Waals surface area contributed by atoms with Crippen LogP contribution in [0.15, 0.2) is 16.3 Å². The first-order valence-electron chi connectivity index (χ1n) is 4.90. The highest BCUT2D eigenvalue weighted by Gasteiger charge is 2.11. The van der Waals surface area contributed by atoms with Gasteiger partial charge in [-0.25, -0.2) is 0 Å². The molecule has 6 heteroatoms. The molecule has 0 saturated heterocycles. The Balaban J connectivity index is 0.00000225. The second-order valence-electron chi connectivity index (χ2n) is 2.93. The van der Waals surface area contributed by atoms with E-state index >= 15 is 0 Å². The molecule has 1 aromatic rings. The van der Waals surface area contributed by atoms with Crippen LogP contribution in [0.1, 0.15) is 16.6 Å². The van der Waals surface area contributed by atoms with Crippen molar-refractivity contribution in [3.63, 3.8) is 0 Å². The van der Waals surface area contributed by atoms with Crippen LogP contribution in [0.2, 0.25) is 0 Å². The highest BCUT2D eigenvalue weighted by Crippen LogP contribution is 2.25. The number of nitrogens with one attached hydrogen (secondary N) is 2. The maximum Gasteiger partial charge on any atom is 0.262 e. The fraction of sp³-hybridized carbons (Fsp3) is 0.500. The van der Waals surface area contributed by atoms with E-state index in [1.54, 1.807) is 11.8 Å². The van der Waals surface area contributed by atoms with Crippen LogP contribution >= 0.6 is 35.5 Å². The Morgan fingerprint density at radius 1 is 1.50 bits per heavy atom. The zero-order valence-electron chi connectivity index (χ0n) is 9.41. The van der Waals surface area contributed by atoms with Gasteiger partial charge in [0.25, 0.3) is 5.91 Å². The number of amides is 1. The maximum absolute atomic E-state index is 11.7. The minimum absolute atomic E-state index is 0. The molecular weight excluding hydrogens is 264 g/mol. The number of carbonyl (C=O) groups excluding carboxylic acids is 1. The third kappa shape index (κ3) is 4.74. The van der Waals surface area contributed by atoms with Crippen LogP contribution < -0.4 is 10.6 Å². The first-order chi connectivity index (χ1) is 7.29. The van der Waals surface area contributed by atoms with Crippen molar-refractivity contribution in [2.45, 2.75) is 11.8 Å². The molecule has 2 N–H and O–H groups in total. The lowest BCUT2D eigenvalue weighted by Crippen LogP contribution is -2.31. The molecular formula is C10H17ClN2OS2. The predicted molar refractivity (Wildman–Crippen MR) is 74.2 cm³/mol. The van der Waals surface area contributed by atoms with E-state index in [4.69, 9.17) is 0 Å². The van der Waals surface area contributed by atoms with E-state index in [0.717, 1.165) is 22.9 Å². The fourth-order valence-electron chi connectivity index (χ4n) is 1.15. The number of likely N-dealkylation sites (N-methyl/N-ethyl adjacent to an activating group) is 1. The van der Waals surface area contributed by atoms with Crippen molar-refractivity contribution in [1.82, 2.24) is 10.6 Å². The summed E-state index contributed by atoms with van der Waals surface area (Å²) in [5, 5.41) is 8.00. The van der Waals surface area contributed by atoms with Crippen molar-refractivity contribution in [3.8, 4) is 0 Å². The topological polar surface area (TPSA) is 41.1 Å². The third-order valence-electron chi connectivity index (χ3n) is 1.89. The molecule has 0 aliphatic heterocycles. The lowest BCUT2D eigenvalue weighted by atomic mass is 10.4. The summed E-state index contributed by atoms with van der Waals surface area (Å²) in [5.41, 5.74) is 0. The smallest absolute Gasteiger partial charge is 0.262 e. The van der Waals surface area contributed by atoms with Crippen LogP contribution in [0.4, 0.5) is 0 Å². The molecule has 1 aromatic heterocycles. The average Bonchev–Trinajstić information content (AvgIpc) is 2.72. The number of rotatable bonds is 6. The second-order valence-corrected chi connectivity index (χ2v) is 4.69. The summed E-state index contributed by atoms with van der Waals surface area (Å²) in [7, 11) is 0. The average molecular weight is 281 g/mol. The van der Waals surface area contributed by atoms with Crippen molar-refractivity contribution >= 4 is 41.4 Å². The molecule has 0 bridgehead atoms. The molecule has 0 aliphatic rings. The maximum atomic E-state index is 11.7. The van der Waals surface area contributed by atoms with Crippen LogP contribution in [0.5, 0.6) is 0 Å². The van der Waals surface area contributed by atoms with E-state index in [-0.39, 0.29) is 18.3 Å². The van der Waals surface area contributed by atoms with E-state index < -0.39 is 0 Å². The zero-order valence-corrected chi connectivity index (χ0v) is 11.9. The Morgan fingerprint density at radius 2 is 2.25 bits per heavy atom. The number of thiophene rings is 1. The molecule has 1 heterocycles. The monoisotopic (exact) mass is 280 g/mol. The van der Waals surface area contributed by atoms with E-state index in [1.165, 1.54) is 11.3 Å². The molecule has 1 rings (SSSR count). The summed E-state index contributed by atoms with van der Waals surface area (Å²) in [6.45, 7) is 4.48. The van der Waals surface area contributed by atoms with Crippen molar-refractivity contribution < 1.29 is 4.79 Å². The van der Waals surface area contributed by atoms with Gasteiger partial charge in [0.05, 0.1) is 0 Å². The lowest BCUT2D eigenvalue weighted by molar-refractivity contribution is 0.0955. The predicted octanol–water partition coefficient (Wildman–Crippen LogP) is 2.23. The zero-order chi connectivity index (χ0) is 11.1. The van der Waals surface area contributed by atoms with Crippen molar-refractivity contribution in [3.05, 3.63) is 16.3 Å². The van der Waals surface area contributed by atoms with Crippen molar-refractivity contribution in [1.29, 1.82) is 0 Å². The van der Waals surface area contributed by atoms with E-state index in [2.05, 4.69) is 10.6 Å². The Hall–Kier alpha value is -0.230. The lowest BCUT2D eigenvalue weighted by Gasteiger charge is -2.05. The van der Waals surface area contributed by atoms with Gasteiger partial charge in [-0.2, -0.15) is 0 Å². The quantitative estimate of drug-likeness (QED) is 0.620. The van der Waals surface area contributed by atoms with E-state index in [9.17, 15) is 4.79 Å². The summed E-state index contributed by atoms with van der Waals surface area (Å²) in [4.78, 5) is 13.6. The first kappa shape index (κ1) is 15.8. The standard InChI is InChI=1S/C10H16N2OS2.ClH/c1-3-11-5-6-12-10(13)9-8(14-2)4-7-15-9;/h4,7,11H,3,5-6H2,1-2H3,(H,12,13);1H. The van der Waals surface area contributed by atoms with E-state index in [1.807, 2.05) is 24.6 Å². The molecule has 0 radical (unpaired) electrons. The SMILES string of the molecule is CCNCCNC(=O)c1sccc1SC.Cl. The number of carbonyl (C=O) groups is 1. The van der Waals surface area contributed by atoms with Gasteiger partial charge in [-0.05, 0) is 24.2 Å². The van der Waals surface area contributed by atoms with Gasteiger partial charge in [0, 0.05) is 18.0 Å².